The molecule has 1 rings (SSSR count). The molecule has 5 nitrogen and oxygen atoms in total. The molecule has 0 saturated carbocycles. The van der Waals surface area contributed by atoms with Crippen molar-refractivity contribution in [1.82, 2.24) is 15.1 Å². The maximum atomic E-state index is 12.0. The zero-order chi connectivity index (χ0) is 14.1. The first-order chi connectivity index (χ1) is 9.19. The highest BCUT2D eigenvalue weighted by atomic mass is 35.5. The number of ether oxygens (including phenoxy) is 1. The molecule has 21 heavy (non-hydrogen) atoms. The van der Waals surface area contributed by atoms with Crippen molar-refractivity contribution < 1.29 is 9.53 Å². The molecule has 1 amide bonds. The van der Waals surface area contributed by atoms with Crippen LogP contribution < -0.4 is 5.32 Å². The van der Waals surface area contributed by atoms with Crippen LogP contribution in [0.5, 0.6) is 0 Å². The van der Waals surface area contributed by atoms with E-state index in [2.05, 4.69) is 17.1 Å². The van der Waals surface area contributed by atoms with Gasteiger partial charge in [-0.05, 0) is 25.8 Å². The van der Waals surface area contributed by atoms with Crippen LogP contribution in [0.4, 0.5) is 0 Å². The molecule has 1 aliphatic heterocycles. The third kappa shape index (κ3) is 8.83. The largest absolute Gasteiger partial charge is 0.383 e. The molecular weight excluding hydrogens is 313 g/mol. The van der Waals surface area contributed by atoms with E-state index in [0.29, 0.717) is 19.2 Å². The van der Waals surface area contributed by atoms with E-state index in [1.54, 1.807) is 7.11 Å². The maximum Gasteiger partial charge on any atom is 0.236 e. The molecule has 0 aliphatic carbocycles. The van der Waals surface area contributed by atoms with E-state index >= 15 is 0 Å². The van der Waals surface area contributed by atoms with Crippen LogP contribution in [0.2, 0.25) is 0 Å². The van der Waals surface area contributed by atoms with Gasteiger partial charge in [0.05, 0.1) is 13.2 Å². The fourth-order valence-corrected chi connectivity index (χ4v) is 2.54. The van der Waals surface area contributed by atoms with Gasteiger partial charge < -0.3 is 19.9 Å². The topological polar surface area (TPSA) is 44.8 Å². The Labute approximate surface area is 141 Å². The number of halogens is 2. The van der Waals surface area contributed by atoms with Crippen molar-refractivity contribution in [2.24, 2.45) is 0 Å². The van der Waals surface area contributed by atoms with Crippen molar-refractivity contribution in [2.45, 2.75) is 32.2 Å². The van der Waals surface area contributed by atoms with Crippen LogP contribution in [0.25, 0.3) is 0 Å². The zero-order valence-electron chi connectivity index (χ0n) is 13.5. The number of likely N-dealkylation sites (tertiary alicyclic amines) is 1. The minimum atomic E-state index is 0. The van der Waals surface area contributed by atoms with Gasteiger partial charge in [-0.3, -0.25) is 4.79 Å². The summed E-state index contributed by atoms with van der Waals surface area (Å²) in [6, 6.07) is 0.407. The fraction of sp³-hybridized carbons (Fsp3) is 0.929. The first kappa shape index (κ1) is 23.2. The number of methoxy groups -OCH3 is 1. The summed E-state index contributed by atoms with van der Waals surface area (Å²) in [5, 5.41) is 3.11. The van der Waals surface area contributed by atoms with Crippen molar-refractivity contribution in [3.8, 4) is 0 Å². The minimum absolute atomic E-state index is 0. The lowest BCUT2D eigenvalue weighted by molar-refractivity contribution is -0.131. The number of nitrogens with one attached hydrogen (secondary N) is 1. The van der Waals surface area contributed by atoms with Crippen LogP contribution in [0.1, 0.15) is 26.2 Å². The molecule has 0 spiro atoms. The van der Waals surface area contributed by atoms with Gasteiger partial charge in [0.25, 0.3) is 0 Å². The first-order valence-electron chi connectivity index (χ1n) is 7.36. The van der Waals surface area contributed by atoms with Crippen LogP contribution in [-0.2, 0) is 9.53 Å². The summed E-state index contributed by atoms with van der Waals surface area (Å²) >= 11 is 0. The Morgan fingerprint density at radius 1 is 1.33 bits per heavy atom. The molecule has 1 fully saturated rings. The van der Waals surface area contributed by atoms with E-state index in [-0.39, 0.29) is 30.7 Å². The number of carbonyl (C=O) groups excluding carboxylic acids is 1. The second kappa shape index (κ2) is 13.6. The Kier molecular flexibility index (Phi) is 15.0. The second-order valence-electron chi connectivity index (χ2n) is 5.25. The highest BCUT2D eigenvalue weighted by Crippen LogP contribution is 2.15. The molecular formula is C14H31Cl2N3O2. The van der Waals surface area contributed by atoms with Gasteiger partial charge >= 0.3 is 0 Å². The molecule has 1 saturated heterocycles. The van der Waals surface area contributed by atoms with Crippen LogP contribution >= 0.6 is 24.8 Å². The molecule has 1 heterocycles. The van der Waals surface area contributed by atoms with E-state index in [1.165, 1.54) is 13.0 Å². The second-order valence-corrected chi connectivity index (χ2v) is 5.25. The molecule has 0 aromatic carbocycles. The standard InChI is InChI=1S/C14H29N3O2.2ClH/c1-4-8-17-9-5-13(6-10-17)16(2)14(18)12-15-7-11-19-3;;/h13,15H,4-12H2,1-3H3;2*1H. The monoisotopic (exact) mass is 343 g/mol. The molecule has 1 aliphatic rings. The average molecular weight is 344 g/mol. The molecule has 0 atom stereocenters. The van der Waals surface area contributed by atoms with Gasteiger partial charge in [-0.25, -0.2) is 0 Å². The Balaban J connectivity index is 0. The molecule has 0 unspecified atom stereocenters. The van der Waals surface area contributed by atoms with Crippen LogP contribution in [0, 0.1) is 0 Å². The van der Waals surface area contributed by atoms with Crippen LogP contribution in [0.3, 0.4) is 0 Å². The van der Waals surface area contributed by atoms with Gasteiger partial charge in [0, 0.05) is 39.8 Å². The number of hydrogen-bond donors (Lipinski definition) is 1. The minimum Gasteiger partial charge on any atom is -0.383 e. The Morgan fingerprint density at radius 2 is 1.95 bits per heavy atom. The number of piperidine rings is 1. The SMILES string of the molecule is CCCN1CCC(N(C)C(=O)CNCCOC)CC1.Cl.Cl. The van der Waals surface area contributed by atoms with Gasteiger partial charge in [0.1, 0.15) is 0 Å². The number of nitrogens with zero attached hydrogens (tertiary/aromatic N) is 2. The van der Waals surface area contributed by atoms with Crippen LogP contribution in [0.15, 0.2) is 0 Å². The van der Waals surface area contributed by atoms with Crippen molar-refractivity contribution in [3.05, 3.63) is 0 Å². The van der Waals surface area contributed by atoms with E-state index < -0.39 is 0 Å². The van der Waals surface area contributed by atoms with E-state index in [0.717, 1.165) is 32.5 Å². The number of rotatable bonds is 8. The number of hydrogen-bond acceptors (Lipinski definition) is 4. The van der Waals surface area contributed by atoms with E-state index in [1.807, 2.05) is 11.9 Å². The normalized spacial score (nSPS) is 16.0. The highest BCUT2D eigenvalue weighted by molar-refractivity contribution is 5.85. The first-order valence-corrected chi connectivity index (χ1v) is 7.36. The summed E-state index contributed by atoms with van der Waals surface area (Å²) in [6.45, 7) is 7.42. The number of likely N-dealkylation sites (N-methyl/N-ethyl adjacent to an activating group) is 1. The predicted octanol–water partition coefficient (Wildman–Crippen LogP) is 1.40. The smallest absolute Gasteiger partial charge is 0.236 e. The van der Waals surface area contributed by atoms with Gasteiger partial charge in [0.2, 0.25) is 5.91 Å². The van der Waals surface area contributed by atoms with Gasteiger partial charge in [0.15, 0.2) is 0 Å². The molecule has 1 N–H and O–H groups in total. The summed E-state index contributed by atoms with van der Waals surface area (Å²) in [4.78, 5) is 16.4. The lowest BCUT2D eigenvalue weighted by Crippen LogP contribution is -2.48. The Bertz CT molecular complexity index is 263. The van der Waals surface area contributed by atoms with Crippen molar-refractivity contribution in [3.63, 3.8) is 0 Å². The molecule has 0 bridgehead atoms. The van der Waals surface area contributed by atoms with Crippen molar-refractivity contribution in [1.29, 1.82) is 0 Å². The maximum absolute atomic E-state index is 12.0. The lowest BCUT2D eigenvalue weighted by Gasteiger charge is -2.36. The van der Waals surface area contributed by atoms with Crippen molar-refractivity contribution >= 4 is 30.7 Å². The van der Waals surface area contributed by atoms with Crippen molar-refractivity contribution in [2.75, 3.05) is 53.5 Å². The molecule has 128 valence electrons. The van der Waals surface area contributed by atoms with Gasteiger partial charge in [-0.15, -0.1) is 24.8 Å². The summed E-state index contributed by atoms with van der Waals surface area (Å²) in [7, 11) is 3.60. The zero-order valence-corrected chi connectivity index (χ0v) is 15.1. The third-order valence-corrected chi connectivity index (χ3v) is 3.80. The van der Waals surface area contributed by atoms with Gasteiger partial charge in [-0.2, -0.15) is 0 Å². The van der Waals surface area contributed by atoms with E-state index in [9.17, 15) is 4.79 Å². The molecule has 0 aromatic heterocycles. The quantitative estimate of drug-likeness (QED) is 0.676. The Hall–Kier alpha value is -0.0700. The summed E-state index contributed by atoms with van der Waals surface area (Å²) in [6.07, 6.45) is 3.41. The average Bonchev–Trinajstić information content (AvgIpc) is 2.44. The molecule has 0 radical (unpaired) electrons. The fourth-order valence-electron chi connectivity index (χ4n) is 2.54. The number of carbonyl (C=O) groups is 1. The Morgan fingerprint density at radius 3 is 2.48 bits per heavy atom. The summed E-state index contributed by atoms with van der Waals surface area (Å²) in [5.74, 6) is 0.185. The number of amides is 1. The van der Waals surface area contributed by atoms with Crippen LogP contribution in [-0.4, -0.2) is 75.2 Å². The molecule has 0 aromatic rings. The predicted molar refractivity (Wildman–Crippen MR) is 91.8 cm³/mol. The highest BCUT2D eigenvalue weighted by Gasteiger charge is 2.24. The lowest BCUT2D eigenvalue weighted by atomic mass is 10.0. The summed E-state index contributed by atoms with van der Waals surface area (Å²) in [5.41, 5.74) is 0. The van der Waals surface area contributed by atoms with E-state index in [4.69, 9.17) is 4.74 Å². The summed E-state index contributed by atoms with van der Waals surface area (Å²) < 4.78 is 4.94. The van der Waals surface area contributed by atoms with Gasteiger partial charge in [-0.1, -0.05) is 6.92 Å². The third-order valence-electron chi connectivity index (χ3n) is 3.80. The molecule has 7 heteroatoms.